The standard InChI is InChI=1S/C41H36N6.3C8H11P.3Fe/c1-41(29-42-35-23-11-14-26-38(35)45-32-17-5-2-6-18-32,30-43-36-24-12-15-27-39(36)46-33-19-7-3-8-20-33)31-44-37-25-13-16-28-40(37)47-34-21-9-4-10-22-34;3*1-9(2)8-6-4-3-5-7-8;;;/h2-28H,29-31H2,1H3;3*3-7H,1-2H3;;;/q-6;;;;3*+2/p+3. The predicted molar refractivity (Wildman–Crippen MR) is 337 cm³/mol. The largest absolute Gasteiger partial charge is 2.00 e. The number of nitrogens with zero attached hydrogens (tertiary/aromatic N) is 6. The predicted octanol–water partition coefficient (Wildman–Crippen LogP) is 19.5. The maximum Gasteiger partial charge on any atom is 2.00 e. The van der Waals surface area contributed by atoms with Crippen molar-refractivity contribution in [1.82, 2.24) is 0 Å². The Bertz CT molecular complexity index is 2610. The summed E-state index contributed by atoms with van der Waals surface area (Å²) < 4.78 is 0. The molecule has 9 aromatic carbocycles. The maximum absolute atomic E-state index is 5.12. The van der Waals surface area contributed by atoms with Crippen LogP contribution in [0.4, 0.5) is 51.2 Å². The van der Waals surface area contributed by atoms with E-state index in [2.05, 4.69) is 138 Å². The summed E-state index contributed by atoms with van der Waals surface area (Å²) in [6, 6.07) is 85.9. The first-order chi connectivity index (χ1) is 36.0. The van der Waals surface area contributed by atoms with Crippen LogP contribution in [0.3, 0.4) is 0 Å². The Labute approximate surface area is 497 Å². The van der Waals surface area contributed by atoms with Gasteiger partial charge in [0.2, 0.25) is 0 Å². The molecule has 0 aliphatic heterocycles. The van der Waals surface area contributed by atoms with Crippen molar-refractivity contribution in [2.45, 2.75) is 6.92 Å². The van der Waals surface area contributed by atoms with Gasteiger partial charge in [-0.3, -0.25) is 0 Å². The second-order valence-corrected chi connectivity index (χ2v) is 26.4. The summed E-state index contributed by atoms with van der Waals surface area (Å²) in [6.45, 7) is 17.5. The Hall–Kier alpha value is -5.37. The van der Waals surface area contributed by atoms with Gasteiger partial charge in [-0.15, -0.1) is 36.7 Å². The van der Waals surface area contributed by atoms with Crippen molar-refractivity contribution >= 4 is 90.9 Å². The molecule has 0 aliphatic rings. The maximum atomic E-state index is 5.12. The molecule has 77 heavy (non-hydrogen) atoms. The van der Waals surface area contributed by atoms with Crippen LogP contribution < -0.4 is 15.9 Å². The summed E-state index contributed by atoms with van der Waals surface area (Å²) in [5.41, 5.74) is 7.24. The van der Waals surface area contributed by atoms with E-state index < -0.39 is 5.41 Å². The topological polar surface area (TPSA) is 84.6 Å². The average Bonchev–Trinajstić information content (AvgIpc) is 3.44. The van der Waals surface area contributed by atoms with E-state index in [0.717, 1.165) is 51.2 Å². The van der Waals surface area contributed by atoms with Gasteiger partial charge in [0.05, 0.1) is 55.9 Å². The molecule has 9 rings (SSSR count). The van der Waals surface area contributed by atoms with Crippen LogP contribution in [-0.4, -0.2) is 59.6 Å². The molecule has 0 spiro atoms. The minimum absolute atomic E-state index is 0. The van der Waals surface area contributed by atoms with Gasteiger partial charge >= 0.3 is 51.2 Å². The molecule has 0 amide bonds. The zero-order chi connectivity index (χ0) is 52.2. The van der Waals surface area contributed by atoms with Crippen molar-refractivity contribution in [2.24, 2.45) is 5.41 Å². The van der Waals surface area contributed by atoms with Gasteiger partial charge in [-0.25, -0.2) is 0 Å². The summed E-state index contributed by atoms with van der Waals surface area (Å²) in [7, 11) is -0.637. The molecule has 0 fully saturated rings. The Morgan fingerprint density at radius 1 is 0.260 bits per heavy atom. The van der Waals surface area contributed by atoms with Crippen LogP contribution in [0.1, 0.15) is 6.92 Å². The van der Waals surface area contributed by atoms with Gasteiger partial charge in [-0.05, 0) is 36.4 Å². The summed E-state index contributed by atoms with van der Waals surface area (Å²) >= 11 is 0. The van der Waals surface area contributed by atoms with Crippen LogP contribution in [0, 0.1) is 5.41 Å². The van der Waals surface area contributed by atoms with Crippen molar-refractivity contribution in [1.29, 1.82) is 0 Å². The van der Waals surface area contributed by atoms with Gasteiger partial charge in [-0.2, -0.15) is 34.1 Å². The monoisotopic (exact) mass is 1200 g/mol. The Kier molecular flexibility index (Phi) is 31.4. The van der Waals surface area contributed by atoms with Crippen molar-refractivity contribution in [3.05, 3.63) is 287 Å². The van der Waals surface area contributed by atoms with Crippen molar-refractivity contribution < 1.29 is 51.2 Å². The summed E-state index contributed by atoms with van der Waals surface area (Å²) in [6.07, 6.45) is 0. The van der Waals surface area contributed by atoms with Crippen LogP contribution >= 0.6 is 23.8 Å². The van der Waals surface area contributed by atoms with E-state index in [9.17, 15) is 0 Å². The number of benzene rings is 9. The van der Waals surface area contributed by atoms with Crippen molar-refractivity contribution in [3.8, 4) is 0 Å². The molecule has 0 aliphatic carbocycles. The van der Waals surface area contributed by atoms with Crippen LogP contribution in [0.15, 0.2) is 255 Å². The van der Waals surface area contributed by atoms with E-state index in [4.69, 9.17) is 31.9 Å². The fraction of sp³-hybridized carbons (Fsp3) is 0.169. The van der Waals surface area contributed by atoms with Gasteiger partial charge in [0.15, 0.2) is 0 Å². The van der Waals surface area contributed by atoms with Crippen LogP contribution in [0.5, 0.6) is 0 Å². The third-order valence-electron chi connectivity index (χ3n) is 11.6. The summed E-state index contributed by atoms with van der Waals surface area (Å²) in [5.74, 6) is 0. The van der Waals surface area contributed by atoms with Crippen LogP contribution in [0.25, 0.3) is 31.9 Å². The average molecular weight is 1200 g/mol. The Balaban J connectivity index is 0.000000421. The number of para-hydroxylation sites is 9. The van der Waals surface area contributed by atoms with Gasteiger partial charge in [0, 0.05) is 23.8 Å². The molecule has 6 nitrogen and oxygen atoms in total. The molecule has 0 radical (unpaired) electrons. The smallest absolute Gasteiger partial charge is 0.685 e. The Morgan fingerprint density at radius 3 is 0.636 bits per heavy atom. The third-order valence-corrected chi connectivity index (χ3v) is 16.1. The number of hydrogen-bond donors (Lipinski definition) is 0. The molecule has 0 aromatic heterocycles. The third kappa shape index (κ3) is 24.0. The molecule has 12 heteroatoms. The first kappa shape index (κ1) is 65.9. The van der Waals surface area contributed by atoms with E-state index in [1.807, 2.05) is 164 Å². The van der Waals surface area contributed by atoms with Gasteiger partial charge < -0.3 is 31.9 Å². The normalized spacial score (nSPS) is 10.2. The van der Waals surface area contributed by atoms with Gasteiger partial charge in [0.1, 0.15) is 0 Å². The summed E-state index contributed by atoms with van der Waals surface area (Å²) in [5, 5.41) is 34.5. The van der Waals surface area contributed by atoms with Crippen LogP contribution in [0.2, 0.25) is 0 Å². The van der Waals surface area contributed by atoms with Gasteiger partial charge in [-0.1, -0.05) is 231 Å². The number of rotatable bonds is 18. The fourth-order valence-corrected chi connectivity index (χ4v) is 9.87. The molecule has 9 aromatic rings. The van der Waals surface area contributed by atoms with Crippen LogP contribution in [-0.2, 0) is 51.2 Å². The zero-order valence-electron chi connectivity index (χ0n) is 45.1. The second-order valence-electron chi connectivity index (χ2n) is 18.7. The molecule has 0 saturated heterocycles. The molecule has 0 N–H and O–H groups in total. The van der Waals surface area contributed by atoms with E-state index in [-0.39, 0.29) is 75.0 Å². The molecule has 0 atom stereocenters. The van der Waals surface area contributed by atoms with Gasteiger partial charge in [0.25, 0.3) is 0 Å². The first-order valence-corrected chi connectivity index (χ1v) is 32.7. The minimum atomic E-state index is -0.417. The molecular formula is C65H72Fe3N6P3+3. The molecule has 0 bridgehead atoms. The Morgan fingerprint density at radius 2 is 0.442 bits per heavy atom. The zero-order valence-corrected chi connectivity index (χ0v) is 51.4. The fourth-order valence-electron chi connectivity index (χ4n) is 7.29. The molecule has 398 valence electrons. The first-order valence-electron chi connectivity index (χ1n) is 25.2. The van der Waals surface area contributed by atoms with E-state index in [1.54, 1.807) is 0 Å². The number of hydrogen-bond acceptors (Lipinski definition) is 0. The molecule has 0 heterocycles. The molecular weight excluding hydrogens is 1130 g/mol. The van der Waals surface area contributed by atoms with E-state index in [1.165, 1.54) is 15.9 Å². The quantitative estimate of drug-likeness (QED) is 0.0606. The van der Waals surface area contributed by atoms with Crippen molar-refractivity contribution in [2.75, 3.05) is 59.6 Å². The van der Waals surface area contributed by atoms with E-state index >= 15 is 0 Å². The van der Waals surface area contributed by atoms with Crippen molar-refractivity contribution in [3.63, 3.8) is 0 Å². The summed E-state index contributed by atoms with van der Waals surface area (Å²) in [4.78, 5) is 0. The van der Waals surface area contributed by atoms with E-state index in [0.29, 0.717) is 19.6 Å². The minimum Gasteiger partial charge on any atom is -0.685 e. The second kappa shape index (κ2) is 36.7. The SMILES string of the molecule is CC(C[N-]c1ccccc1[N-]c1ccccc1)(C[N-]c1ccccc1[N-]c1ccccc1)C[N-]c1ccccc1[N-]c1ccccc1.C[PH+](C)c1ccccc1.C[PH+](C)c1ccccc1.C[PH+](C)c1ccccc1.[Fe+2].[Fe+2].[Fe+2]. The molecule has 0 unspecified atom stereocenters. The molecule has 0 saturated carbocycles.